The van der Waals surface area contributed by atoms with E-state index in [0.717, 1.165) is 32.1 Å². The molecule has 0 radical (unpaired) electrons. The zero-order chi connectivity index (χ0) is 18.3. The molecule has 7 heteroatoms. The molecule has 2 rings (SSSR count). The molecule has 1 N–H and O–H groups in total. The molecule has 136 valence electrons. The molecule has 5 nitrogen and oxygen atoms in total. The normalized spacial score (nSPS) is 11.0. The number of unbranched alkanes of at least 4 members (excludes halogenated alkanes) is 4. The zero-order valence-electron chi connectivity index (χ0n) is 15.3. The van der Waals surface area contributed by atoms with E-state index in [0.29, 0.717) is 12.0 Å². The number of benzene rings is 2. The maximum Gasteiger partial charge on any atom is 1.00 e. The Morgan fingerprint density at radius 2 is 1.62 bits per heavy atom. The average molecular weight is 403 g/mol. The molecule has 0 aliphatic rings. The van der Waals surface area contributed by atoms with Gasteiger partial charge in [0, 0.05) is 5.56 Å². The van der Waals surface area contributed by atoms with Crippen LogP contribution in [0.15, 0.2) is 47.4 Å². The molecular weight excluding hydrogens is 379 g/mol. The predicted molar refractivity (Wildman–Crippen MR) is 94.7 cm³/mol. The standard InChI is InChI=1S/C19H24O5S.K/c1-2-3-4-5-6-10-15-17(13-9-14-19(15)25(21,22)23)24-18-12-8-7-11-16(18)20;/h7-9,11-14,20H,2-6,10H2,1H3,(H,21,22,23);/q;+1/p-1. The van der Waals surface area contributed by atoms with Crippen LogP contribution in [0.2, 0.25) is 0 Å². The molecule has 0 saturated carbocycles. The van der Waals surface area contributed by atoms with Crippen LogP contribution in [0.5, 0.6) is 17.2 Å². The topological polar surface area (TPSA) is 86.7 Å². The minimum atomic E-state index is -4.36. The van der Waals surface area contributed by atoms with Gasteiger partial charge in [0.1, 0.15) is 16.4 Å². The summed E-state index contributed by atoms with van der Waals surface area (Å²) in [6.45, 7) is 2.12. The van der Waals surface area contributed by atoms with Crippen LogP contribution in [0.25, 0.3) is 0 Å². The first kappa shape index (κ1) is 23.6. The molecule has 0 atom stereocenters. The molecule has 2 aromatic rings. The first-order valence-corrected chi connectivity index (χ1v) is 9.90. The van der Waals surface area contributed by atoms with Gasteiger partial charge in [0.25, 0.3) is 10.1 Å². The van der Waals surface area contributed by atoms with Crippen molar-refractivity contribution >= 4 is 10.1 Å². The average Bonchev–Trinajstić information content (AvgIpc) is 2.56. The van der Waals surface area contributed by atoms with Crippen molar-refractivity contribution in [3.63, 3.8) is 0 Å². The smallest absolute Gasteiger partial charge is 0.870 e. The molecule has 0 spiro atoms. The van der Waals surface area contributed by atoms with E-state index < -0.39 is 10.1 Å². The van der Waals surface area contributed by atoms with E-state index >= 15 is 0 Å². The van der Waals surface area contributed by atoms with E-state index in [-0.39, 0.29) is 73.5 Å². The Morgan fingerprint density at radius 1 is 0.962 bits per heavy atom. The fourth-order valence-electron chi connectivity index (χ4n) is 2.69. The van der Waals surface area contributed by atoms with Crippen molar-refractivity contribution in [3.05, 3.63) is 48.0 Å². The van der Waals surface area contributed by atoms with Gasteiger partial charge in [0.15, 0.2) is 0 Å². The Balaban J connectivity index is 0.00000338. The SMILES string of the molecule is CCCCCCCc1c(Oc2ccccc2[O-])cccc1S(=O)(=O)O.[K+]. The number of hydrogen-bond donors (Lipinski definition) is 1. The third kappa shape index (κ3) is 6.96. The Morgan fingerprint density at radius 3 is 2.27 bits per heavy atom. The summed E-state index contributed by atoms with van der Waals surface area (Å²) in [5.41, 5.74) is 0.407. The van der Waals surface area contributed by atoms with Gasteiger partial charge in [-0.3, -0.25) is 4.55 Å². The maximum atomic E-state index is 11.9. The first-order chi connectivity index (χ1) is 11.9. The first-order valence-electron chi connectivity index (χ1n) is 8.46. The summed E-state index contributed by atoms with van der Waals surface area (Å²) in [4.78, 5) is -0.163. The second kappa shape index (κ2) is 11.4. The second-order valence-corrected chi connectivity index (χ2v) is 7.31. The van der Waals surface area contributed by atoms with Gasteiger partial charge >= 0.3 is 51.4 Å². The summed E-state index contributed by atoms with van der Waals surface area (Å²) in [5, 5.41) is 11.9. The number of para-hydroxylation sites is 2. The van der Waals surface area contributed by atoms with Gasteiger partial charge in [-0.15, -0.1) is 0 Å². The van der Waals surface area contributed by atoms with Crippen LogP contribution in [-0.2, 0) is 16.5 Å². The predicted octanol–water partition coefficient (Wildman–Crippen LogP) is 1.32. The fraction of sp³-hybridized carbons (Fsp3) is 0.368. The zero-order valence-corrected chi connectivity index (χ0v) is 19.2. The van der Waals surface area contributed by atoms with Crippen molar-refractivity contribution in [2.45, 2.75) is 50.3 Å². The molecule has 0 aromatic heterocycles. The van der Waals surface area contributed by atoms with Crippen LogP contribution in [-0.4, -0.2) is 13.0 Å². The van der Waals surface area contributed by atoms with E-state index in [9.17, 15) is 18.1 Å². The largest absolute Gasteiger partial charge is 1.00 e. The molecule has 0 aliphatic heterocycles. The fourth-order valence-corrected chi connectivity index (χ4v) is 3.45. The Kier molecular flexibility index (Phi) is 10.4. The molecule has 0 unspecified atom stereocenters. The Labute approximate surface area is 198 Å². The molecular formula is C19H23KO5S. The Bertz CT molecular complexity index is 805. The summed E-state index contributed by atoms with van der Waals surface area (Å²) in [7, 11) is -4.36. The van der Waals surface area contributed by atoms with Crippen molar-refractivity contribution < 1.29 is 74.2 Å². The van der Waals surface area contributed by atoms with Crippen LogP contribution in [0.1, 0.15) is 44.6 Å². The van der Waals surface area contributed by atoms with E-state index in [2.05, 4.69) is 6.92 Å². The molecule has 0 bridgehead atoms. The van der Waals surface area contributed by atoms with Gasteiger partial charge in [-0.2, -0.15) is 8.42 Å². The number of ether oxygens (including phenoxy) is 1. The van der Waals surface area contributed by atoms with Gasteiger partial charge in [-0.1, -0.05) is 62.6 Å². The summed E-state index contributed by atoms with van der Waals surface area (Å²) >= 11 is 0. The molecule has 0 heterocycles. The van der Waals surface area contributed by atoms with Crippen LogP contribution < -0.4 is 61.2 Å². The quantitative estimate of drug-likeness (QED) is 0.388. The van der Waals surface area contributed by atoms with Gasteiger partial charge < -0.3 is 9.84 Å². The van der Waals surface area contributed by atoms with E-state index in [1.54, 1.807) is 18.2 Å². The monoisotopic (exact) mass is 402 g/mol. The van der Waals surface area contributed by atoms with E-state index in [1.165, 1.54) is 24.3 Å². The summed E-state index contributed by atoms with van der Waals surface area (Å²) < 4.78 is 38.6. The minimum absolute atomic E-state index is 0. The number of rotatable bonds is 9. The molecule has 26 heavy (non-hydrogen) atoms. The molecule has 0 fully saturated rings. The van der Waals surface area contributed by atoms with Gasteiger partial charge in [0.2, 0.25) is 0 Å². The minimum Gasteiger partial charge on any atom is -0.870 e. The number of hydrogen-bond acceptors (Lipinski definition) is 4. The Hall–Kier alpha value is -0.414. The van der Waals surface area contributed by atoms with Gasteiger partial charge in [-0.05, 0) is 31.0 Å². The van der Waals surface area contributed by atoms with Crippen molar-refractivity contribution in [1.29, 1.82) is 0 Å². The van der Waals surface area contributed by atoms with Crippen molar-refractivity contribution in [3.8, 4) is 17.2 Å². The van der Waals surface area contributed by atoms with E-state index in [4.69, 9.17) is 4.74 Å². The maximum absolute atomic E-state index is 11.9. The molecule has 0 amide bonds. The van der Waals surface area contributed by atoms with Crippen LogP contribution in [0.4, 0.5) is 0 Å². The van der Waals surface area contributed by atoms with E-state index in [1.807, 2.05) is 0 Å². The molecule has 0 aliphatic carbocycles. The van der Waals surface area contributed by atoms with Gasteiger partial charge in [-0.25, -0.2) is 0 Å². The van der Waals surface area contributed by atoms with Crippen molar-refractivity contribution in [2.24, 2.45) is 0 Å². The van der Waals surface area contributed by atoms with Crippen molar-refractivity contribution in [1.82, 2.24) is 0 Å². The van der Waals surface area contributed by atoms with Crippen LogP contribution >= 0.6 is 0 Å². The third-order valence-corrected chi connectivity index (χ3v) is 4.91. The summed E-state index contributed by atoms with van der Waals surface area (Å²) in [6.07, 6.45) is 5.52. The van der Waals surface area contributed by atoms with Crippen LogP contribution in [0, 0.1) is 0 Å². The molecule has 2 aromatic carbocycles. The third-order valence-electron chi connectivity index (χ3n) is 3.97. The van der Waals surface area contributed by atoms with Gasteiger partial charge in [0.05, 0.1) is 0 Å². The molecule has 0 saturated heterocycles. The second-order valence-electron chi connectivity index (χ2n) is 5.92. The summed E-state index contributed by atoms with van der Waals surface area (Å²) in [5.74, 6) is 0.129. The van der Waals surface area contributed by atoms with Crippen LogP contribution in [0.3, 0.4) is 0 Å². The summed E-state index contributed by atoms with van der Waals surface area (Å²) in [6, 6.07) is 10.7. The van der Waals surface area contributed by atoms with Crippen molar-refractivity contribution in [2.75, 3.05) is 0 Å².